The molecular formula is C20H33NO4Si. The smallest absolute Gasteiger partial charge is 0.417 e. The van der Waals surface area contributed by atoms with Crippen LogP contribution in [0.15, 0.2) is 12.2 Å². The fourth-order valence-corrected chi connectivity index (χ4v) is 5.04. The van der Waals surface area contributed by atoms with Gasteiger partial charge in [-0.05, 0) is 50.7 Å². The molecule has 3 rings (SSSR count). The molecule has 0 aromatic rings. The van der Waals surface area contributed by atoms with Crippen molar-refractivity contribution in [3.8, 4) is 0 Å². The summed E-state index contributed by atoms with van der Waals surface area (Å²) >= 11 is 0. The maximum absolute atomic E-state index is 13.0. The number of allylic oxidation sites excluding steroid dienone is 2. The molecule has 2 fully saturated rings. The van der Waals surface area contributed by atoms with Crippen molar-refractivity contribution >= 4 is 20.3 Å². The molecule has 1 aliphatic heterocycles. The number of amides is 2. The van der Waals surface area contributed by atoms with Crippen LogP contribution in [0.5, 0.6) is 0 Å². The van der Waals surface area contributed by atoms with Crippen molar-refractivity contribution in [3.05, 3.63) is 12.2 Å². The van der Waals surface area contributed by atoms with Gasteiger partial charge in [0.2, 0.25) is 5.91 Å². The molecular weight excluding hydrogens is 346 g/mol. The number of carbonyl (C=O) groups is 2. The Bertz CT molecular complexity index is 643. The van der Waals surface area contributed by atoms with E-state index in [0.717, 1.165) is 0 Å². The van der Waals surface area contributed by atoms with E-state index >= 15 is 0 Å². The minimum absolute atomic E-state index is 0.0782. The van der Waals surface area contributed by atoms with Crippen LogP contribution >= 0.6 is 0 Å². The zero-order valence-corrected chi connectivity index (χ0v) is 18.3. The third kappa shape index (κ3) is 3.05. The second-order valence-electron chi connectivity index (χ2n) is 10.5. The maximum atomic E-state index is 13.0. The van der Waals surface area contributed by atoms with Crippen LogP contribution < -0.4 is 0 Å². The van der Waals surface area contributed by atoms with Crippen LogP contribution in [0.25, 0.3) is 0 Å². The number of fused-ring (bicyclic) bond motifs is 4. The van der Waals surface area contributed by atoms with Gasteiger partial charge in [-0.15, -0.1) is 0 Å². The summed E-state index contributed by atoms with van der Waals surface area (Å²) in [6, 6.07) is -0.220. The predicted octanol–water partition coefficient (Wildman–Crippen LogP) is 4.20. The molecule has 2 aliphatic carbocycles. The summed E-state index contributed by atoms with van der Waals surface area (Å²) < 4.78 is 11.9. The van der Waals surface area contributed by atoms with Gasteiger partial charge < -0.3 is 9.16 Å². The minimum Gasteiger partial charge on any atom is -0.443 e. The van der Waals surface area contributed by atoms with Crippen LogP contribution in [0, 0.1) is 23.7 Å². The Labute approximate surface area is 158 Å². The highest BCUT2D eigenvalue weighted by atomic mass is 28.4. The SMILES string of the molecule is CC(C)(C)OC(=O)N1C(=O)[C@@H]2C3C=C[C@@H]3[C@@H]2[C@H]1CO[Si](C)(C)C(C)(C)C. The van der Waals surface area contributed by atoms with Crippen LogP contribution in [0.2, 0.25) is 18.1 Å². The van der Waals surface area contributed by atoms with Gasteiger partial charge in [-0.25, -0.2) is 9.69 Å². The number of likely N-dealkylation sites (tertiary alicyclic amines) is 1. The van der Waals surface area contributed by atoms with Gasteiger partial charge in [0.25, 0.3) is 0 Å². The van der Waals surface area contributed by atoms with Crippen molar-refractivity contribution in [2.24, 2.45) is 23.7 Å². The van der Waals surface area contributed by atoms with Gasteiger partial charge in [0.05, 0.1) is 18.6 Å². The first-order chi connectivity index (χ1) is 11.7. The van der Waals surface area contributed by atoms with Crippen LogP contribution in [0.3, 0.4) is 0 Å². The van der Waals surface area contributed by atoms with Gasteiger partial charge in [0.15, 0.2) is 8.32 Å². The van der Waals surface area contributed by atoms with Crippen LogP contribution in [-0.2, 0) is 14.0 Å². The van der Waals surface area contributed by atoms with Gasteiger partial charge in [-0.1, -0.05) is 32.9 Å². The number of nitrogens with zero attached hydrogens (tertiary/aromatic N) is 1. The summed E-state index contributed by atoms with van der Waals surface area (Å²) in [5, 5.41) is 0.0876. The average molecular weight is 380 g/mol. The summed E-state index contributed by atoms with van der Waals surface area (Å²) in [5.41, 5.74) is -0.624. The van der Waals surface area contributed by atoms with Crippen molar-refractivity contribution in [2.75, 3.05) is 6.61 Å². The molecule has 0 spiro atoms. The highest BCUT2D eigenvalue weighted by Crippen LogP contribution is 2.60. The first-order valence-corrected chi connectivity index (χ1v) is 12.5. The Hall–Kier alpha value is -1.14. The molecule has 6 heteroatoms. The Balaban J connectivity index is 1.80. The molecule has 0 N–H and O–H groups in total. The fourth-order valence-electron chi connectivity index (χ4n) is 4.02. The maximum Gasteiger partial charge on any atom is 0.417 e. The molecule has 5 atom stereocenters. The molecule has 26 heavy (non-hydrogen) atoms. The Morgan fingerprint density at radius 2 is 1.69 bits per heavy atom. The van der Waals surface area contributed by atoms with E-state index in [1.54, 1.807) is 0 Å². The van der Waals surface area contributed by atoms with Gasteiger partial charge in [0.1, 0.15) is 5.60 Å². The summed E-state index contributed by atoms with van der Waals surface area (Å²) in [4.78, 5) is 27.1. The van der Waals surface area contributed by atoms with Crippen molar-refractivity contribution in [3.63, 3.8) is 0 Å². The van der Waals surface area contributed by atoms with Crippen LogP contribution in [0.1, 0.15) is 41.5 Å². The molecule has 2 amide bonds. The molecule has 0 aromatic heterocycles. The zero-order valence-electron chi connectivity index (χ0n) is 17.3. The third-order valence-electron chi connectivity index (χ3n) is 6.58. The van der Waals surface area contributed by atoms with Crippen molar-refractivity contribution in [2.45, 2.75) is 71.3 Å². The minimum atomic E-state index is -1.96. The van der Waals surface area contributed by atoms with E-state index < -0.39 is 20.0 Å². The van der Waals surface area contributed by atoms with Crippen molar-refractivity contribution in [1.82, 2.24) is 4.90 Å². The highest BCUT2D eigenvalue weighted by molar-refractivity contribution is 6.74. The third-order valence-corrected chi connectivity index (χ3v) is 11.1. The number of hydrogen-bond donors (Lipinski definition) is 0. The van der Waals surface area contributed by atoms with Crippen LogP contribution in [-0.4, -0.2) is 43.5 Å². The van der Waals surface area contributed by atoms with E-state index in [1.165, 1.54) is 4.90 Å². The summed E-state index contributed by atoms with van der Waals surface area (Å²) in [6.07, 6.45) is 3.76. The second-order valence-corrected chi connectivity index (χ2v) is 15.3. The number of rotatable bonds is 3. The lowest BCUT2D eigenvalue weighted by Gasteiger charge is -2.51. The van der Waals surface area contributed by atoms with Gasteiger partial charge in [-0.3, -0.25) is 4.79 Å². The van der Waals surface area contributed by atoms with E-state index in [4.69, 9.17) is 9.16 Å². The standard InChI is InChI=1S/C20H33NO4Si/c1-19(2,3)25-18(23)21-14(11-24-26(7,8)20(4,5)6)15-12-9-10-13(12)16(15)17(21)22/h9-10,12-16H,11H2,1-8H3/t12-,13?,14+,15+,16+/m0/s1. The summed E-state index contributed by atoms with van der Waals surface area (Å²) in [5.74, 6) is 0.721. The first-order valence-electron chi connectivity index (χ1n) is 9.63. The molecule has 1 heterocycles. The van der Waals surface area contributed by atoms with Gasteiger partial charge >= 0.3 is 6.09 Å². The lowest BCUT2D eigenvalue weighted by Crippen LogP contribution is -2.54. The lowest BCUT2D eigenvalue weighted by atomic mass is 9.51. The number of hydrogen-bond acceptors (Lipinski definition) is 4. The molecule has 146 valence electrons. The molecule has 0 bridgehead atoms. The fraction of sp³-hybridized carbons (Fsp3) is 0.800. The first kappa shape index (κ1) is 19.6. The number of ether oxygens (including phenoxy) is 1. The Kier molecular flexibility index (Phi) is 4.47. The van der Waals surface area contributed by atoms with E-state index in [2.05, 4.69) is 46.0 Å². The van der Waals surface area contributed by atoms with Gasteiger partial charge in [0, 0.05) is 5.92 Å². The molecule has 0 radical (unpaired) electrons. The Morgan fingerprint density at radius 1 is 1.12 bits per heavy atom. The summed E-state index contributed by atoms with van der Waals surface area (Å²) in [7, 11) is -1.96. The quantitative estimate of drug-likeness (QED) is 0.545. The molecule has 3 aliphatic rings. The normalized spacial score (nSPS) is 33.3. The monoisotopic (exact) mass is 379 g/mol. The van der Waals surface area contributed by atoms with Crippen molar-refractivity contribution in [1.29, 1.82) is 0 Å². The van der Waals surface area contributed by atoms with E-state index in [0.29, 0.717) is 18.4 Å². The molecule has 0 aromatic carbocycles. The largest absolute Gasteiger partial charge is 0.443 e. The zero-order chi connectivity index (χ0) is 19.7. The highest BCUT2D eigenvalue weighted by Gasteiger charge is 2.66. The predicted molar refractivity (Wildman–Crippen MR) is 103 cm³/mol. The number of imide groups is 1. The Morgan fingerprint density at radius 3 is 2.15 bits per heavy atom. The van der Waals surface area contributed by atoms with E-state index in [9.17, 15) is 9.59 Å². The topological polar surface area (TPSA) is 55.8 Å². The molecule has 1 unspecified atom stereocenters. The molecule has 1 saturated heterocycles. The average Bonchev–Trinajstić information content (AvgIpc) is 2.64. The van der Waals surface area contributed by atoms with Crippen molar-refractivity contribution < 1.29 is 18.8 Å². The van der Waals surface area contributed by atoms with Crippen LogP contribution in [0.4, 0.5) is 4.79 Å². The lowest BCUT2D eigenvalue weighted by molar-refractivity contribution is -0.135. The molecule has 5 nitrogen and oxygen atoms in total. The van der Waals surface area contributed by atoms with E-state index in [-0.39, 0.29) is 28.8 Å². The second kappa shape index (κ2) is 5.93. The number of carbonyl (C=O) groups excluding carboxylic acids is 2. The molecule has 1 saturated carbocycles. The van der Waals surface area contributed by atoms with E-state index in [1.807, 2.05) is 20.8 Å². The van der Waals surface area contributed by atoms with Gasteiger partial charge in [-0.2, -0.15) is 0 Å². The summed E-state index contributed by atoms with van der Waals surface area (Å²) in [6.45, 7) is 16.9.